The summed E-state index contributed by atoms with van der Waals surface area (Å²) in [4.78, 5) is 19.1. The van der Waals surface area contributed by atoms with E-state index in [0.29, 0.717) is 16.9 Å². The molecule has 2 rings (SSSR count). The number of methoxy groups -OCH3 is 1. The monoisotopic (exact) mass is 218 g/mol. The Morgan fingerprint density at radius 1 is 1.06 bits per heavy atom. The Kier molecular flexibility index (Phi) is 2.68. The van der Waals surface area contributed by atoms with Crippen molar-refractivity contribution in [3.05, 3.63) is 24.3 Å². The van der Waals surface area contributed by atoms with E-state index in [-0.39, 0.29) is 5.88 Å². The molecule has 0 amide bonds. The number of carbonyl (C=O) groups excluding carboxylic acids is 1. The van der Waals surface area contributed by atoms with Gasteiger partial charge >= 0.3 is 5.97 Å². The lowest BCUT2D eigenvalue weighted by molar-refractivity contribution is -0.132. The van der Waals surface area contributed by atoms with Crippen molar-refractivity contribution in [2.75, 3.05) is 7.11 Å². The SMILES string of the molecule is COc1ccc2nc(OC(C)=O)ccc2n1. The molecule has 0 fully saturated rings. The Bertz CT molecular complexity index is 540. The number of carbonyl (C=O) groups is 1. The quantitative estimate of drug-likeness (QED) is 0.716. The van der Waals surface area contributed by atoms with Gasteiger partial charge in [0.15, 0.2) is 0 Å². The third kappa shape index (κ3) is 2.08. The number of nitrogens with zero attached hydrogens (tertiary/aromatic N) is 2. The molecule has 0 unspecified atom stereocenters. The van der Waals surface area contributed by atoms with Crippen molar-refractivity contribution in [2.24, 2.45) is 0 Å². The minimum absolute atomic E-state index is 0.270. The Morgan fingerprint density at radius 3 is 2.19 bits per heavy atom. The Morgan fingerprint density at radius 2 is 1.62 bits per heavy atom. The highest BCUT2D eigenvalue weighted by Crippen LogP contribution is 2.18. The number of hydrogen-bond donors (Lipinski definition) is 0. The summed E-state index contributed by atoms with van der Waals surface area (Å²) in [7, 11) is 1.55. The minimum atomic E-state index is -0.395. The molecule has 5 nitrogen and oxygen atoms in total. The van der Waals surface area contributed by atoms with Gasteiger partial charge in [0.25, 0.3) is 0 Å². The van der Waals surface area contributed by atoms with E-state index in [1.165, 1.54) is 6.92 Å². The smallest absolute Gasteiger partial charge is 0.309 e. The average Bonchev–Trinajstić information content (AvgIpc) is 2.27. The molecule has 0 bridgehead atoms. The second-order valence-corrected chi connectivity index (χ2v) is 3.13. The second kappa shape index (κ2) is 4.14. The van der Waals surface area contributed by atoms with E-state index < -0.39 is 5.97 Å². The highest BCUT2D eigenvalue weighted by molar-refractivity contribution is 5.76. The van der Waals surface area contributed by atoms with Crippen LogP contribution in [0.1, 0.15) is 6.92 Å². The van der Waals surface area contributed by atoms with Crippen molar-refractivity contribution >= 4 is 17.0 Å². The molecule has 0 saturated carbocycles. The first-order chi connectivity index (χ1) is 7.69. The van der Waals surface area contributed by atoms with E-state index in [1.807, 2.05) is 0 Å². The highest BCUT2D eigenvalue weighted by Gasteiger charge is 2.03. The van der Waals surface area contributed by atoms with Gasteiger partial charge in [-0.1, -0.05) is 0 Å². The molecule has 2 aromatic heterocycles. The molecule has 0 spiro atoms. The van der Waals surface area contributed by atoms with Crippen LogP contribution in [0.2, 0.25) is 0 Å². The van der Waals surface area contributed by atoms with Crippen LogP contribution in [0.4, 0.5) is 0 Å². The summed E-state index contributed by atoms with van der Waals surface area (Å²) < 4.78 is 9.86. The minimum Gasteiger partial charge on any atom is -0.481 e. The van der Waals surface area contributed by atoms with Crippen LogP contribution in [-0.2, 0) is 4.79 Å². The van der Waals surface area contributed by atoms with Crippen molar-refractivity contribution in [2.45, 2.75) is 6.92 Å². The maximum absolute atomic E-state index is 10.8. The van der Waals surface area contributed by atoms with Crippen molar-refractivity contribution < 1.29 is 14.3 Å². The van der Waals surface area contributed by atoms with Crippen molar-refractivity contribution in [1.82, 2.24) is 9.97 Å². The second-order valence-electron chi connectivity index (χ2n) is 3.13. The van der Waals surface area contributed by atoms with Crippen LogP contribution >= 0.6 is 0 Å². The summed E-state index contributed by atoms with van der Waals surface area (Å²) in [6.07, 6.45) is 0. The third-order valence-electron chi connectivity index (χ3n) is 1.95. The molecule has 2 heterocycles. The van der Waals surface area contributed by atoms with Crippen molar-refractivity contribution in [1.29, 1.82) is 0 Å². The predicted molar refractivity (Wildman–Crippen MR) is 57.4 cm³/mol. The van der Waals surface area contributed by atoms with Crippen molar-refractivity contribution in [3.63, 3.8) is 0 Å². The van der Waals surface area contributed by atoms with E-state index in [2.05, 4.69) is 9.97 Å². The van der Waals surface area contributed by atoms with Gasteiger partial charge in [0, 0.05) is 19.1 Å². The zero-order chi connectivity index (χ0) is 11.5. The fourth-order valence-corrected chi connectivity index (χ4v) is 1.29. The van der Waals surface area contributed by atoms with Gasteiger partial charge in [-0.3, -0.25) is 4.79 Å². The molecule has 0 aliphatic heterocycles. The molecule has 0 atom stereocenters. The Labute approximate surface area is 92.0 Å². The molecule has 2 aromatic rings. The van der Waals surface area contributed by atoms with Crippen LogP contribution in [0.5, 0.6) is 11.8 Å². The zero-order valence-electron chi connectivity index (χ0n) is 8.93. The maximum Gasteiger partial charge on any atom is 0.309 e. The molecule has 16 heavy (non-hydrogen) atoms. The average molecular weight is 218 g/mol. The number of hydrogen-bond acceptors (Lipinski definition) is 5. The van der Waals surface area contributed by atoms with Crippen molar-refractivity contribution in [3.8, 4) is 11.8 Å². The van der Waals surface area contributed by atoms with E-state index in [4.69, 9.17) is 9.47 Å². The lowest BCUT2D eigenvalue weighted by Gasteiger charge is -2.03. The fraction of sp³-hybridized carbons (Fsp3) is 0.182. The molecule has 0 saturated heterocycles. The van der Waals surface area contributed by atoms with Gasteiger partial charge in [-0.2, -0.15) is 0 Å². The van der Waals surface area contributed by atoms with Crippen LogP contribution in [0, 0.1) is 0 Å². The van der Waals surface area contributed by atoms with Gasteiger partial charge in [0.1, 0.15) is 0 Å². The molecular weight excluding hydrogens is 208 g/mol. The normalized spacial score (nSPS) is 10.1. The van der Waals surface area contributed by atoms with Crippen LogP contribution in [0.3, 0.4) is 0 Å². The lowest BCUT2D eigenvalue weighted by Crippen LogP contribution is -2.03. The first-order valence-corrected chi connectivity index (χ1v) is 4.69. The van der Waals surface area contributed by atoms with Gasteiger partial charge in [-0.05, 0) is 12.1 Å². The predicted octanol–water partition coefficient (Wildman–Crippen LogP) is 1.56. The number of rotatable bonds is 2. The molecule has 0 aliphatic rings. The summed E-state index contributed by atoms with van der Waals surface area (Å²) in [6, 6.07) is 6.78. The van der Waals surface area contributed by atoms with Gasteiger partial charge in [-0.25, -0.2) is 9.97 Å². The number of fused-ring (bicyclic) bond motifs is 1. The van der Waals surface area contributed by atoms with E-state index in [1.54, 1.807) is 31.4 Å². The molecular formula is C11H10N2O3. The lowest BCUT2D eigenvalue weighted by atomic mass is 10.3. The molecule has 82 valence electrons. The summed E-state index contributed by atoms with van der Waals surface area (Å²) in [5, 5.41) is 0. The molecule has 5 heteroatoms. The summed E-state index contributed by atoms with van der Waals surface area (Å²) in [6.45, 7) is 1.33. The first kappa shape index (κ1) is 10.4. The molecule has 0 N–H and O–H groups in total. The largest absolute Gasteiger partial charge is 0.481 e. The van der Waals surface area contributed by atoms with Crippen LogP contribution in [0.15, 0.2) is 24.3 Å². The zero-order valence-corrected chi connectivity index (χ0v) is 8.93. The number of pyridine rings is 2. The van der Waals surface area contributed by atoms with Gasteiger partial charge in [0.2, 0.25) is 11.8 Å². The summed E-state index contributed by atoms with van der Waals surface area (Å²) in [5.41, 5.74) is 1.34. The first-order valence-electron chi connectivity index (χ1n) is 4.69. The van der Waals surface area contributed by atoms with Crippen LogP contribution in [0.25, 0.3) is 11.0 Å². The topological polar surface area (TPSA) is 61.3 Å². The summed E-state index contributed by atoms with van der Waals surface area (Å²) in [5.74, 6) is 0.398. The van der Waals surface area contributed by atoms with E-state index in [0.717, 1.165) is 0 Å². The molecule has 0 radical (unpaired) electrons. The van der Waals surface area contributed by atoms with Gasteiger partial charge in [0.05, 0.1) is 18.1 Å². The van der Waals surface area contributed by atoms with E-state index >= 15 is 0 Å². The molecule has 0 aliphatic carbocycles. The number of ether oxygens (including phenoxy) is 2. The maximum atomic E-state index is 10.8. The van der Waals surface area contributed by atoms with Gasteiger partial charge < -0.3 is 9.47 Å². The van der Waals surface area contributed by atoms with Crippen LogP contribution < -0.4 is 9.47 Å². The standard InChI is InChI=1S/C11H10N2O3/c1-7(14)16-11-6-4-8-9(13-11)3-5-10(12-8)15-2/h3-6H,1-2H3. The number of esters is 1. The molecule has 0 aromatic carbocycles. The Hall–Kier alpha value is -2.17. The van der Waals surface area contributed by atoms with Gasteiger partial charge in [-0.15, -0.1) is 0 Å². The third-order valence-corrected chi connectivity index (χ3v) is 1.95. The number of aromatic nitrogens is 2. The Balaban J connectivity index is 2.43. The van der Waals surface area contributed by atoms with Crippen LogP contribution in [-0.4, -0.2) is 23.0 Å². The van der Waals surface area contributed by atoms with E-state index in [9.17, 15) is 4.79 Å². The fourth-order valence-electron chi connectivity index (χ4n) is 1.29. The summed E-state index contributed by atoms with van der Waals surface area (Å²) >= 11 is 0. The highest BCUT2D eigenvalue weighted by atomic mass is 16.5.